The first-order valence-electron chi connectivity index (χ1n) is 4.31. The largest absolute Gasteiger partial charge is 0.412 e. The molecule has 15 heavy (non-hydrogen) atoms. The molecule has 1 saturated heterocycles. The molecule has 1 rings (SSSR count). The van der Waals surface area contributed by atoms with Gasteiger partial charge >= 0.3 is 12.4 Å². The lowest BCUT2D eigenvalue weighted by Gasteiger charge is -2.36. The average molecular weight is 236 g/mol. The highest BCUT2D eigenvalue weighted by Gasteiger charge is 2.59. The van der Waals surface area contributed by atoms with Crippen LogP contribution < -0.4 is 5.32 Å². The Kier molecular flexibility index (Phi) is 3.49. The summed E-state index contributed by atoms with van der Waals surface area (Å²) in [5.41, 5.74) is 0. The van der Waals surface area contributed by atoms with Gasteiger partial charge in [-0.05, 0) is 0 Å². The second-order valence-electron chi connectivity index (χ2n) is 3.27. The molecule has 0 spiro atoms. The van der Waals surface area contributed by atoms with E-state index in [9.17, 15) is 26.3 Å². The molecule has 0 unspecified atom stereocenters. The van der Waals surface area contributed by atoms with E-state index in [4.69, 9.17) is 0 Å². The first-order valence-corrected chi connectivity index (χ1v) is 4.31. The fraction of sp³-hybridized carbons (Fsp3) is 1.00. The van der Waals surface area contributed by atoms with Crippen LogP contribution in [0.1, 0.15) is 0 Å². The Hall–Kier alpha value is -0.500. The third-order valence-electron chi connectivity index (χ3n) is 2.14. The molecule has 0 aromatic carbocycles. The number of halogens is 6. The van der Waals surface area contributed by atoms with Crippen molar-refractivity contribution in [3.8, 4) is 0 Å². The van der Waals surface area contributed by atoms with Crippen molar-refractivity contribution in [1.29, 1.82) is 0 Å². The molecule has 0 bridgehead atoms. The molecule has 0 atom stereocenters. The maximum Gasteiger partial charge on any atom is 0.412 e. The molecule has 0 amide bonds. The predicted octanol–water partition coefficient (Wildman–Crippen LogP) is 1.38. The van der Waals surface area contributed by atoms with E-state index >= 15 is 0 Å². The van der Waals surface area contributed by atoms with Gasteiger partial charge in [-0.2, -0.15) is 26.3 Å². The molecule has 0 saturated carbocycles. The zero-order valence-electron chi connectivity index (χ0n) is 7.62. The van der Waals surface area contributed by atoms with Crippen molar-refractivity contribution >= 4 is 0 Å². The zero-order chi connectivity index (χ0) is 11.7. The lowest BCUT2D eigenvalue weighted by Crippen LogP contribution is -2.59. The van der Waals surface area contributed by atoms with Crippen molar-refractivity contribution in [3.05, 3.63) is 0 Å². The summed E-state index contributed by atoms with van der Waals surface area (Å²) in [7, 11) is 0. The van der Waals surface area contributed by atoms with E-state index < -0.39 is 18.4 Å². The topological polar surface area (TPSA) is 15.3 Å². The first-order chi connectivity index (χ1) is 6.73. The number of nitrogens with zero attached hydrogens (tertiary/aromatic N) is 1. The number of nitrogens with one attached hydrogen (secondary N) is 1. The quantitative estimate of drug-likeness (QED) is 0.692. The Morgan fingerprint density at radius 1 is 0.867 bits per heavy atom. The van der Waals surface area contributed by atoms with E-state index in [2.05, 4.69) is 5.32 Å². The molecule has 1 aliphatic heterocycles. The van der Waals surface area contributed by atoms with Crippen molar-refractivity contribution in [1.82, 2.24) is 10.2 Å². The highest BCUT2D eigenvalue weighted by Crippen LogP contribution is 2.37. The second kappa shape index (κ2) is 4.17. The fourth-order valence-corrected chi connectivity index (χ4v) is 1.54. The van der Waals surface area contributed by atoms with Gasteiger partial charge in [-0.25, -0.2) is 0 Å². The third-order valence-corrected chi connectivity index (χ3v) is 2.14. The van der Waals surface area contributed by atoms with Gasteiger partial charge in [0.05, 0.1) is 0 Å². The summed E-state index contributed by atoms with van der Waals surface area (Å²) in [5.74, 6) is 0. The summed E-state index contributed by atoms with van der Waals surface area (Å²) >= 11 is 0. The molecule has 90 valence electrons. The molecule has 1 aliphatic rings. The molecule has 2 nitrogen and oxygen atoms in total. The highest BCUT2D eigenvalue weighted by atomic mass is 19.4. The van der Waals surface area contributed by atoms with Gasteiger partial charge in [-0.15, -0.1) is 0 Å². The Balaban J connectivity index is 2.80. The molecular formula is C7H10F6N2. The molecule has 1 heterocycles. The molecule has 0 aliphatic carbocycles. The van der Waals surface area contributed by atoms with Gasteiger partial charge in [-0.3, -0.25) is 4.90 Å². The van der Waals surface area contributed by atoms with Gasteiger partial charge < -0.3 is 5.32 Å². The monoisotopic (exact) mass is 236 g/mol. The standard InChI is InChI=1S/C7H10F6N2/c8-6(9,10)5(7(11,12)13)15-3-1-14-2-4-15/h5,14H,1-4H2. The van der Waals surface area contributed by atoms with Gasteiger partial charge in [-0.1, -0.05) is 0 Å². The number of hydrogen-bond acceptors (Lipinski definition) is 2. The maximum atomic E-state index is 12.2. The average Bonchev–Trinajstić information content (AvgIpc) is 2.00. The van der Waals surface area contributed by atoms with E-state index in [1.165, 1.54) is 0 Å². The van der Waals surface area contributed by atoms with Gasteiger partial charge in [0.2, 0.25) is 6.04 Å². The van der Waals surface area contributed by atoms with Crippen LogP contribution in [0.2, 0.25) is 0 Å². The fourth-order valence-electron chi connectivity index (χ4n) is 1.54. The minimum atomic E-state index is -5.27. The van der Waals surface area contributed by atoms with Gasteiger partial charge in [0, 0.05) is 26.2 Å². The van der Waals surface area contributed by atoms with Crippen LogP contribution >= 0.6 is 0 Å². The Bertz CT molecular complexity index is 191. The SMILES string of the molecule is FC(F)(F)C(N1CCNCC1)C(F)(F)F. The van der Waals surface area contributed by atoms with Crippen LogP contribution in [0, 0.1) is 0 Å². The summed E-state index contributed by atoms with van der Waals surface area (Å²) in [5, 5.41) is 2.70. The van der Waals surface area contributed by atoms with Crippen LogP contribution in [0.3, 0.4) is 0 Å². The first kappa shape index (κ1) is 12.6. The van der Waals surface area contributed by atoms with Crippen LogP contribution in [0.25, 0.3) is 0 Å². The molecule has 0 aromatic heterocycles. The van der Waals surface area contributed by atoms with Crippen LogP contribution in [-0.4, -0.2) is 49.5 Å². The van der Waals surface area contributed by atoms with Crippen LogP contribution in [0.4, 0.5) is 26.3 Å². The summed E-state index contributed by atoms with van der Waals surface area (Å²) in [6.45, 7) is -0.210. The lowest BCUT2D eigenvalue weighted by atomic mass is 10.2. The molecular weight excluding hydrogens is 226 g/mol. The number of rotatable bonds is 1. The minimum Gasteiger partial charge on any atom is -0.314 e. The van der Waals surface area contributed by atoms with Gasteiger partial charge in [0.25, 0.3) is 0 Å². The Morgan fingerprint density at radius 2 is 1.27 bits per heavy atom. The number of hydrogen-bond donors (Lipinski definition) is 1. The molecule has 1 fully saturated rings. The molecule has 0 aromatic rings. The minimum absolute atomic E-state index is 0.142. The van der Waals surface area contributed by atoms with E-state index in [1.54, 1.807) is 0 Å². The predicted molar refractivity (Wildman–Crippen MR) is 40.3 cm³/mol. The maximum absolute atomic E-state index is 12.2. The van der Waals surface area contributed by atoms with E-state index in [0.29, 0.717) is 4.90 Å². The summed E-state index contributed by atoms with van der Waals surface area (Å²) in [6, 6.07) is -3.34. The van der Waals surface area contributed by atoms with E-state index in [-0.39, 0.29) is 26.2 Å². The van der Waals surface area contributed by atoms with Crippen LogP contribution in [0.15, 0.2) is 0 Å². The third kappa shape index (κ3) is 3.23. The van der Waals surface area contributed by atoms with Crippen LogP contribution in [0.5, 0.6) is 0 Å². The smallest absolute Gasteiger partial charge is 0.314 e. The van der Waals surface area contributed by atoms with Gasteiger partial charge in [0.15, 0.2) is 0 Å². The van der Waals surface area contributed by atoms with Crippen molar-refractivity contribution in [2.24, 2.45) is 0 Å². The van der Waals surface area contributed by atoms with Crippen molar-refractivity contribution in [2.45, 2.75) is 18.4 Å². The molecule has 0 radical (unpaired) electrons. The van der Waals surface area contributed by atoms with E-state index in [1.807, 2.05) is 0 Å². The molecule has 8 heteroatoms. The highest BCUT2D eigenvalue weighted by molar-refractivity contribution is 4.87. The zero-order valence-corrected chi connectivity index (χ0v) is 7.62. The Morgan fingerprint density at radius 3 is 1.60 bits per heavy atom. The van der Waals surface area contributed by atoms with Crippen molar-refractivity contribution in [3.63, 3.8) is 0 Å². The second-order valence-corrected chi connectivity index (χ2v) is 3.27. The van der Waals surface area contributed by atoms with Gasteiger partial charge in [0.1, 0.15) is 0 Å². The van der Waals surface area contributed by atoms with E-state index in [0.717, 1.165) is 0 Å². The number of piperazine rings is 1. The molecule has 1 N–H and O–H groups in total. The summed E-state index contributed by atoms with van der Waals surface area (Å²) < 4.78 is 73.3. The van der Waals surface area contributed by atoms with Crippen LogP contribution in [-0.2, 0) is 0 Å². The lowest BCUT2D eigenvalue weighted by molar-refractivity contribution is -0.288. The summed E-state index contributed by atoms with van der Waals surface area (Å²) in [4.78, 5) is 0.413. The summed E-state index contributed by atoms with van der Waals surface area (Å²) in [6.07, 6.45) is -10.5. The van der Waals surface area contributed by atoms with Crippen molar-refractivity contribution < 1.29 is 26.3 Å². The Labute approximate surface area is 82.2 Å². The van der Waals surface area contributed by atoms with Crippen molar-refractivity contribution in [2.75, 3.05) is 26.2 Å². The number of alkyl halides is 6. The normalized spacial score (nSPS) is 21.0.